The molecular weight excluding hydrogens is 430 g/mol. The monoisotopic (exact) mass is 457 g/mol. The lowest BCUT2D eigenvalue weighted by molar-refractivity contribution is -0.129. The number of ether oxygens (including phenoxy) is 1. The van der Waals surface area contributed by atoms with Crippen LogP contribution in [0.15, 0.2) is 51.9 Å². The summed E-state index contributed by atoms with van der Waals surface area (Å²) < 4.78 is 11.9. The first-order valence-corrected chi connectivity index (χ1v) is 11.6. The summed E-state index contributed by atoms with van der Waals surface area (Å²) in [6.07, 6.45) is 5.82. The van der Waals surface area contributed by atoms with Crippen LogP contribution < -0.4 is 10.2 Å². The van der Waals surface area contributed by atoms with E-state index in [0.29, 0.717) is 60.2 Å². The Morgan fingerprint density at radius 3 is 2.53 bits per heavy atom. The predicted molar refractivity (Wildman–Crippen MR) is 130 cm³/mol. The normalized spacial score (nSPS) is 17.3. The van der Waals surface area contributed by atoms with E-state index in [1.807, 2.05) is 39.0 Å². The molecule has 34 heavy (non-hydrogen) atoms. The first-order valence-electron chi connectivity index (χ1n) is 11.6. The summed E-state index contributed by atoms with van der Waals surface area (Å²) >= 11 is 0. The molecule has 2 aliphatic rings. The Hall–Kier alpha value is -3.67. The molecular formula is C28H27NO5. The molecule has 0 aliphatic carbocycles. The lowest BCUT2D eigenvalue weighted by Gasteiger charge is -2.44. The minimum atomic E-state index is -0.566. The van der Waals surface area contributed by atoms with Gasteiger partial charge in [0.2, 0.25) is 5.91 Å². The minimum absolute atomic E-state index is 0.0993. The smallest absolute Gasteiger partial charge is 0.246 e. The van der Waals surface area contributed by atoms with Gasteiger partial charge in [0.1, 0.15) is 23.2 Å². The van der Waals surface area contributed by atoms with Crippen molar-refractivity contribution in [3.63, 3.8) is 0 Å². The van der Waals surface area contributed by atoms with Crippen molar-refractivity contribution in [1.29, 1.82) is 0 Å². The average molecular weight is 458 g/mol. The zero-order valence-corrected chi connectivity index (χ0v) is 19.6. The van der Waals surface area contributed by atoms with Gasteiger partial charge in [0.05, 0.1) is 22.9 Å². The lowest BCUT2D eigenvalue weighted by Crippen LogP contribution is -2.52. The molecule has 0 N–H and O–H groups in total. The number of fused-ring (bicyclic) bond motifs is 2. The van der Waals surface area contributed by atoms with Crippen LogP contribution in [-0.4, -0.2) is 35.3 Å². The van der Waals surface area contributed by atoms with Crippen LogP contribution >= 0.6 is 0 Å². The average Bonchev–Trinajstić information content (AvgIpc) is 2.81. The summed E-state index contributed by atoms with van der Waals surface area (Å²) in [7, 11) is 0. The van der Waals surface area contributed by atoms with E-state index >= 15 is 0 Å². The van der Waals surface area contributed by atoms with Crippen molar-refractivity contribution < 1.29 is 18.7 Å². The van der Waals surface area contributed by atoms with Crippen LogP contribution in [0.1, 0.15) is 51.9 Å². The van der Waals surface area contributed by atoms with Gasteiger partial charge in [-0.2, -0.15) is 0 Å². The van der Waals surface area contributed by atoms with Gasteiger partial charge in [0.25, 0.3) is 0 Å². The Bertz CT molecular complexity index is 1410. The Morgan fingerprint density at radius 2 is 1.76 bits per heavy atom. The van der Waals surface area contributed by atoms with Crippen molar-refractivity contribution in [1.82, 2.24) is 4.90 Å². The number of rotatable bonds is 2. The van der Waals surface area contributed by atoms with E-state index in [1.54, 1.807) is 17.0 Å². The van der Waals surface area contributed by atoms with E-state index in [-0.39, 0.29) is 17.1 Å². The molecule has 3 heterocycles. The number of piperidine rings is 1. The Kier molecular flexibility index (Phi) is 5.39. The number of Topliss-reactive ketones (excluding diaryl/α,β-unsaturated/α-hetero) is 1. The fourth-order valence-corrected chi connectivity index (χ4v) is 4.80. The van der Waals surface area contributed by atoms with Crippen molar-refractivity contribution >= 4 is 28.7 Å². The zero-order chi connectivity index (χ0) is 24.0. The van der Waals surface area contributed by atoms with E-state index in [4.69, 9.17) is 9.15 Å². The highest BCUT2D eigenvalue weighted by Gasteiger charge is 2.43. The molecule has 3 aromatic rings. The van der Waals surface area contributed by atoms with Crippen LogP contribution in [0.5, 0.6) is 5.75 Å². The van der Waals surface area contributed by atoms with Crippen LogP contribution in [0.2, 0.25) is 0 Å². The molecule has 0 atom stereocenters. The Labute approximate surface area is 197 Å². The number of likely N-dealkylation sites (tertiary alicyclic amines) is 1. The van der Waals surface area contributed by atoms with Gasteiger partial charge in [-0.3, -0.25) is 14.4 Å². The number of hydrogen-bond acceptors (Lipinski definition) is 5. The Balaban J connectivity index is 1.28. The van der Waals surface area contributed by atoms with E-state index in [9.17, 15) is 14.4 Å². The first kappa shape index (κ1) is 22.1. The second-order valence-electron chi connectivity index (χ2n) is 9.50. The summed E-state index contributed by atoms with van der Waals surface area (Å²) in [5.74, 6) is 0.576. The van der Waals surface area contributed by atoms with Crippen LogP contribution in [0.3, 0.4) is 0 Å². The maximum absolute atomic E-state index is 12.8. The molecule has 0 bridgehead atoms. The highest BCUT2D eigenvalue weighted by atomic mass is 16.5. The van der Waals surface area contributed by atoms with Crippen molar-refractivity contribution in [2.75, 3.05) is 13.1 Å². The van der Waals surface area contributed by atoms with Crippen molar-refractivity contribution in [2.45, 2.75) is 45.6 Å². The highest BCUT2D eigenvalue weighted by Crippen LogP contribution is 2.40. The summed E-state index contributed by atoms with van der Waals surface area (Å²) in [6, 6.07) is 9.30. The molecule has 1 fully saturated rings. The molecule has 174 valence electrons. The van der Waals surface area contributed by atoms with Crippen LogP contribution in [0.4, 0.5) is 0 Å². The van der Waals surface area contributed by atoms with Gasteiger partial charge in [0.15, 0.2) is 11.2 Å². The summed E-state index contributed by atoms with van der Waals surface area (Å²) in [6.45, 7) is 6.89. The van der Waals surface area contributed by atoms with Gasteiger partial charge in [-0.15, -0.1) is 0 Å². The summed E-state index contributed by atoms with van der Waals surface area (Å²) in [5, 5.41) is 0.499. The number of benzene rings is 2. The van der Waals surface area contributed by atoms with Gasteiger partial charge in [-0.05, 0) is 62.2 Å². The number of carbonyl (C=O) groups excluding carboxylic acids is 2. The molecule has 2 aromatic carbocycles. The van der Waals surface area contributed by atoms with E-state index in [1.165, 1.54) is 18.4 Å². The van der Waals surface area contributed by atoms with Gasteiger partial charge >= 0.3 is 0 Å². The molecule has 0 saturated carbocycles. The number of nitrogens with zero attached hydrogens (tertiary/aromatic N) is 1. The molecule has 1 spiro atoms. The topological polar surface area (TPSA) is 76.8 Å². The first-order chi connectivity index (χ1) is 16.2. The maximum Gasteiger partial charge on any atom is 0.246 e. The molecule has 0 radical (unpaired) electrons. The van der Waals surface area contributed by atoms with Gasteiger partial charge in [-0.1, -0.05) is 11.6 Å². The highest BCUT2D eigenvalue weighted by molar-refractivity contribution is 6.00. The quantitative estimate of drug-likeness (QED) is 0.519. The second kappa shape index (κ2) is 8.28. The number of carbonyl (C=O) groups is 2. The van der Waals surface area contributed by atoms with Crippen LogP contribution in [-0.2, 0) is 4.79 Å². The molecule has 0 unspecified atom stereocenters. The van der Waals surface area contributed by atoms with Gasteiger partial charge in [-0.25, -0.2) is 0 Å². The molecule has 6 heteroatoms. The van der Waals surface area contributed by atoms with Crippen molar-refractivity contribution in [2.24, 2.45) is 0 Å². The van der Waals surface area contributed by atoms with Crippen LogP contribution in [0.25, 0.3) is 17.0 Å². The van der Waals surface area contributed by atoms with Gasteiger partial charge in [0, 0.05) is 32.0 Å². The summed E-state index contributed by atoms with van der Waals surface area (Å²) in [4.78, 5) is 40.1. The molecule has 1 aromatic heterocycles. The van der Waals surface area contributed by atoms with Crippen molar-refractivity contribution in [3.8, 4) is 5.75 Å². The number of ketones is 1. The lowest BCUT2D eigenvalue weighted by atomic mass is 9.82. The van der Waals surface area contributed by atoms with Crippen LogP contribution in [0, 0.1) is 20.8 Å². The molecule has 6 nitrogen and oxygen atoms in total. The largest absolute Gasteiger partial charge is 0.486 e. The molecule has 1 saturated heterocycles. The molecule has 2 aliphatic heterocycles. The number of hydrogen-bond donors (Lipinski definition) is 0. The maximum atomic E-state index is 12.8. The number of amides is 1. The Morgan fingerprint density at radius 1 is 1.03 bits per heavy atom. The van der Waals surface area contributed by atoms with Gasteiger partial charge < -0.3 is 14.1 Å². The second-order valence-corrected chi connectivity index (χ2v) is 9.50. The standard InChI is InChI=1S/C28H27NO5/c1-17-4-6-24-22(12-17)27(32)20(16-33-24)5-7-26(31)29-10-8-28(9-11-29)15-23(30)21-13-18(2)19(3)14-25(21)34-28/h4-7,12-14,16H,8-11,15H2,1-3H3/b7-5+. The molecule has 5 rings (SSSR count). The fourth-order valence-electron chi connectivity index (χ4n) is 4.80. The third-order valence-corrected chi connectivity index (χ3v) is 7.05. The minimum Gasteiger partial charge on any atom is -0.486 e. The predicted octanol–water partition coefficient (Wildman–Crippen LogP) is 4.76. The number of aryl methyl sites for hydroxylation is 3. The van der Waals surface area contributed by atoms with Crippen molar-refractivity contribution in [3.05, 3.63) is 80.7 Å². The third-order valence-electron chi connectivity index (χ3n) is 7.05. The zero-order valence-electron chi connectivity index (χ0n) is 19.6. The van der Waals surface area contributed by atoms with E-state index in [0.717, 1.165) is 16.7 Å². The molecule has 1 amide bonds. The SMILES string of the molecule is Cc1ccc2occ(/C=C/C(=O)N3CCC4(CC3)CC(=O)c3cc(C)c(C)cc3O4)c(=O)c2c1. The van der Waals surface area contributed by atoms with E-state index < -0.39 is 5.60 Å². The summed E-state index contributed by atoms with van der Waals surface area (Å²) in [5.41, 5.74) is 3.92. The third kappa shape index (κ3) is 3.94. The fraction of sp³-hybridized carbons (Fsp3) is 0.321. The van der Waals surface area contributed by atoms with E-state index in [2.05, 4.69) is 0 Å².